The third kappa shape index (κ3) is 3.65. The summed E-state index contributed by atoms with van der Waals surface area (Å²) >= 11 is 0. The van der Waals surface area contributed by atoms with Gasteiger partial charge in [0.05, 0.1) is 11.5 Å². The van der Waals surface area contributed by atoms with Gasteiger partial charge in [-0.3, -0.25) is 4.79 Å². The molecule has 0 heterocycles. The van der Waals surface area contributed by atoms with E-state index in [2.05, 4.69) is 5.32 Å². The number of hydrogen-bond acceptors (Lipinski definition) is 4. The predicted octanol–water partition coefficient (Wildman–Crippen LogP) is 4.43. The molecule has 2 aromatic carbocycles. The maximum absolute atomic E-state index is 13.6. The maximum Gasteiger partial charge on any atom is 0.246 e. The first-order valence-electron chi connectivity index (χ1n) is 9.66. The molecule has 0 unspecified atom stereocenters. The lowest BCUT2D eigenvalue weighted by molar-refractivity contribution is -0.118. The molecular formula is C22H27NO4S. The molecule has 0 atom stereocenters. The van der Waals surface area contributed by atoms with Crippen LogP contribution >= 0.6 is 0 Å². The zero-order valence-corrected chi connectivity index (χ0v) is 17.4. The fraction of sp³-hybridized carbons (Fsp3) is 0.409. The molecule has 0 aromatic heterocycles. The molecular weight excluding hydrogens is 374 g/mol. The van der Waals surface area contributed by atoms with Gasteiger partial charge >= 0.3 is 0 Å². The number of benzene rings is 2. The lowest BCUT2D eigenvalue weighted by Crippen LogP contribution is -2.47. The van der Waals surface area contributed by atoms with Gasteiger partial charge in [-0.15, -0.1) is 0 Å². The summed E-state index contributed by atoms with van der Waals surface area (Å²) in [7, 11) is -3.83. The van der Waals surface area contributed by atoms with Gasteiger partial charge in [0, 0.05) is 5.69 Å². The normalized spacial score (nSPS) is 16.0. The molecule has 1 amide bonds. The average Bonchev–Trinajstić information content (AvgIpc) is 3.17. The first-order valence-corrected chi connectivity index (χ1v) is 11.1. The van der Waals surface area contributed by atoms with Crippen molar-refractivity contribution in [1.29, 1.82) is 0 Å². The topological polar surface area (TPSA) is 72.5 Å². The molecule has 0 bridgehead atoms. The van der Waals surface area contributed by atoms with Crippen molar-refractivity contribution in [3.63, 3.8) is 0 Å². The Morgan fingerprint density at radius 3 is 2.32 bits per heavy atom. The van der Waals surface area contributed by atoms with Crippen molar-refractivity contribution in [3.8, 4) is 5.75 Å². The summed E-state index contributed by atoms with van der Waals surface area (Å²) in [6.07, 6.45) is 2.12. The van der Waals surface area contributed by atoms with Crippen molar-refractivity contribution in [2.45, 2.75) is 56.1 Å². The number of rotatable bonds is 6. The number of nitrogens with one attached hydrogen (secondary N) is 1. The largest absolute Gasteiger partial charge is 0.494 e. The van der Waals surface area contributed by atoms with E-state index in [1.165, 1.54) is 0 Å². The van der Waals surface area contributed by atoms with Crippen LogP contribution in [0, 0.1) is 13.8 Å². The Labute approximate surface area is 167 Å². The van der Waals surface area contributed by atoms with Gasteiger partial charge in [-0.1, -0.05) is 25.0 Å². The molecule has 5 nitrogen and oxygen atoms in total. The van der Waals surface area contributed by atoms with Crippen LogP contribution in [0.5, 0.6) is 5.75 Å². The summed E-state index contributed by atoms with van der Waals surface area (Å²) in [6.45, 7) is 6.10. The number of ether oxygens (including phenoxy) is 1. The van der Waals surface area contributed by atoms with Crippen molar-refractivity contribution >= 4 is 21.4 Å². The number of anilines is 1. The van der Waals surface area contributed by atoms with Crippen LogP contribution in [-0.4, -0.2) is 25.7 Å². The summed E-state index contributed by atoms with van der Waals surface area (Å²) in [4.78, 5) is 13.5. The highest BCUT2D eigenvalue weighted by molar-refractivity contribution is 7.93. The first-order chi connectivity index (χ1) is 13.3. The summed E-state index contributed by atoms with van der Waals surface area (Å²) < 4.78 is 31.2. The van der Waals surface area contributed by atoms with Crippen LogP contribution in [0.3, 0.4) is 0 Å². The molecule has 1 aliphatic rings. The Bertz CT molecular complexity index is 959. The second-order valence-electron chi connectivity index (χ2n) is 7.39. The molecule has 6 heteroatoms. The van der Waals surface area contributed by atoms with Crippen LogP contribution in [0.25, 0.3) is 0 Å². The fourth-order valence-electron chi connectivity index (χ4n) is 3.82. The van der Waals surface area contributed by atoms with E-state index in [4.69, 9.17) is 4.74 Å². The van der Waals surface area contributed by atoms with Gasteiger partial charge in [-0.2, -0.15) is 0 Å². The number of amides is 1. The highest BCUT2D eigenvalue weighted by Crippen LogP contribution is 2.42. The lowest BCUT2D eigenvalue weighted by Gasteiger charge is -2.28. The van der Waals surface area contributed by atoms with E-state index in [1.807, 2.05) is 19.9 Å². The molecule has 0 spiro atoms. The molecule has 1 saturated carbocycles. The van der Waals surface area contributed by atoms with Crippen LogP contribution in [0.4, 0.5) is 5.69 Å². The second-order valence-corrected chi connectivity index (χ2v) is 9.61. The van der Waals surface area contributed by atoms with Crippen molar-refractivity contribution in [3.05, 3.63) is 53.6 Å². The summed E-state index contributed by atoms with van der Waals surface area (Å²) in [5.41, 5.74) is 2.10. The second kappa shape index (κ2) is 7.95. The van der Waals surface area contributed by atoms with Crippen molar-refractivity contribution < 1.29 is 17.9 Å². The third-order valence-electron chi connectivity index (χ3n) is 5.40. The Morgan fingerprint density at radius 1 is 1.07 bits per heavy atom. The molecule has 3 rings (SSSR count). The highest BCUT2D eigenvalue weighted by Gasteiger charge is 2.53. The monoisotopic (exact) mass is 401 g/mol. The van der Waals surface area contributed by atoms with Crippen LogP contribution in [0.1, 0.15) is 43.7 Å². The quantitative estimate of drug-likeness (QED) is 0.777. The van der Waals surface area contributed by atoms with Gasteiger partial charge in [0.2, 0.25) is 5.91 Å². The minimum atomic E-state index is -3.83. The smallest absolute Gasteiger partial charge is 0.246 e. The van der Waals surface area contributed by atoms with Gasteiger partial charge in [-0.05, 0) is 75.1 Å². The Balaban J connectivity index is 1.95. The zero-order valence-electron chi connectivity index (χ0n) is 16.6. The van der Waals surface area contributed by atoms with E-state index in [9.17, 15) is 13.2 Å². The number of aryl methyl sites for hydroxylation is 2. The summed E-state index contributed by atoms with van der Waals surface area (Å²) in [6, 6.07) is 12.4. The molecule has 150 valence electrons. The van der Waals surface area contributed by atoms with E-state index >= 15 is 0 Å². The van der Waals surface area contributed by atoms with E-state index < -0.39 is 20.5 Å². The Morgan fingerprint density at radius 2 is 1.71 bits per heavy atom. The Kier molecular flexibility index (Phi) is 5.79. The standard InChI is InChI=1S/C22H27NO4S/c1-4-27-19-11-9-18(10-12-19)23-21(24)22(13-5-6-14-22)28(25,26)20-15-16(2)7-8-17(20)3/h7-12,15H,4-6,13-14H2,1-3H3,(H,23,24). The summed E-state index contributed by atoms with van der Waals surface area (Å²) in [5, 5.41) is 2.83. The van der Waals surface area contributed by atoms with E-state index in [0.717, 1.165) is 18.4 Å². The third-order valence-corrected chi connectivity index (χ3v) is 8.04. The molecule has 0 radical (unpaired) electrons. The van der Waals surface area contributed by atoms with Crippen molar-refractivity contribution in [1.82, 2.24) is 0 Å². The average molecular weight is 402 g/mol. The van der Waals surface area contributed by atoms with E-state index in [0.29, 0.717) is 36.4 Å². The minimum Gasteiger partial charge on any atom is -0.494 e. The highest BCUT2D eigenvalue weighted by atomic mass is 32.2. The van der Waals surface area contributed by atoms with Crippen molar-refractivity contribution in [2.24, 2.45) is 0 Å². The predicted molar refractivity (Wildman–Crippen MR) is 111 cm³/mol. The number of sulfone groups is 1. The van der Waals surface area contributed by atoms with Gasteiger partial charge in [0.15, 0.2) is 14.6 Å². The number of carbonyl (C=O) groups is 1. The maximum atomic E-state index is 13.6. The molecule has 28 heavy (non-hydrogen) atoms. The first kappa shape index (κ1) is 20.4. The fourth-order valence-corrected chi connectivity index (χ4v) is 6.19. The molecule has 2 aromatic rings. The van der Waals surface area contributed by atoms with E-state index in [-0.39, 0.29) is 4.90 Å². The molecule has 0 saturated heterocycles. The molecule has 1 fully saturated rings. The van der Waals surface area contributed by atoms with Gasteiger partial charge in [-0.25, -0.2) is 8.42 Å². The van der Waals surface area contributed by atoms with Crippen LogP contribution in [0.2, 0.25) is 0 Å². The summed E-state index contributed by atoms with van der Waals surface area (Å²) in [5.74, 6) is 0.258. The Hall–Kier alpha value is -2.34. The molecule has 1 aliphatic carbocycles. The molecule has 0 aliphatic heterocycles. The van der Waals surface area contributed by atoms with Gasteiger partial charge in [0.25, 0.3) is 0 Å². The van der Waals surface area contributed by atoms with Gasteiger partial charge in [0.1, 0.15) is 5.75 Å². The minimum absolute atomic E-state index is 0.260. The lowest BCUT2D eigenvalue weighted by atomic mass is 10.1. The molecule has 1 N–H and O–H groups in total. The van der Waals surface area contributed by atoms with Crippen LogP contribution in [0.15, 0.2) is 47.4 Å². The van der Waals surface area contributed by atoms with E-state index in [1.54, 1.807) is 43.3 Å². The number of hydrogen-bond donors (Lipinski definition) is 1. The van der Waals surface area contributed by atoms with Crippen LogP contribution in [-0.2, 0) is 14.6 Å². The number of carbonyl (C=O) groups excluding carboxylic acids is 1. The zero-order chi connectivity index (χ0) is 20.4. The van der Waals surface area contributed by atoms with Crippen molar-refractivity contribution in [2.75, 3.05) is 11.9 Å². The SMILES string of the molecule is CCOc1ccc(NC(=O)C2(S(=O)(=O)c3cc(C)ccc3C)CCCC2)cc1. The van der Waals surface area contributed by atoms with Gasteiger partial charge < -0.3 is 10.1 Å². The van der Waals surface area contributed by atoms with Crippen LogP contribution < -0.4 is 10.1 Å².